The van der Waals surface area contributed by atoms with Crippen LogP contribution in [-0.2, 0) is 9.59 Å². The standard InChI is InChI=1S/C26H30ClNO5/c1-4-7-13-28-23(17-9-8-10-19(15-17)33-14-5-2)22(25(30)26(28)31)24(29)18-11-12-20(27)21(16-18)32-6-3/h8-12,15-16,23,29H,4-7,13-14H2,1-3H3/b24-22-. The molecule has 6 nitrogen and oxygen atoms in total. The summed E-state index contributed by atoms with van der Waals surface area (Å²) in [7, 11) is 0. The minimum absolute atomic E-state index is 0.0496. The van der Waals surface area contributed by atoms with E-state index in [0.717, 1.165) is 19.3 Å². The predicted molar refractivity (Wildman–Crippen MR) is 129 cm³/mol. The fraction of sp³-hybridized carbons (Fsp3) is 0.385. The maximum Gasteiger partial charge on any atom is 0.295 e. The topological polar surface area (TPSA) is 76.1 Å². The Morgan fingerprint density at radius 1 is 1.06 bits per heavy atom. The number of unbranched alkanes of at least 4 members (excludes halogenated alkanes) is 1. The summed E-state index contributed by atoms with van der Waals surface area (Å²) in [5.74, 6) is -0.527. The van der Waals surface area contributed by atoms with E-state index < -0.39 is 17.7 Å². The summed E-state index contributed by atoms with van der Waals surface area (Å²) in [5.41, 5.74) is 1.12. The summed E-state index contributed by atoms with van der Waals surface area (Å²) in [6.45, 7) is 7.24. The van der Waals surface area contributed by atoms with Gasteiger partial charge in [0, 0.05) is 12.1 Å². The fourth-order valence-corrected chi connectivity index (χ4v) is 4.02. The molecular formula is C26H30ClNO5. The number of amides is 1. The maximum absolute atomic E-state index is 13.1. The lowest BCUT2D eigenvalue weighted by atomic mass is 9.95. The summed E-state index contributed by atoms with van der Waals surface area (Å²) in [4.78, 5) is 27.6. The van der Waals surface area contributed by atoms with Gasteiger partial charge in [-0.3, -0.25) is 9.59 Å². The van der Waals surface area contributed by atoms with Crippen LogP contribution in [0.2, 0.25) is 5.02 Å². The molecule has 0 spiro atoms. The molecule has 2 aromatic rings. The zero-order chi connectivity index (χ0) is 24.0. The van der Waals surface area contributed by atoms with Crippen LogP contribution >= 0.6 is 11.6 Å². The number of ketones is 1. The van der Waals surface area contributed by atoms with Gasteiger partial charge in [-0.1, -0.05) is 44.0 Å². The van der Waals surface area contributed by atoms with Crippen molar-refractivity contribution in [1.29, 1.82) is 0 Å². The highest BCUT2D eigenvalue weighted by Crippen LogP contribution is 2.41. The summed E-state index contributed by atoms with van der Waals surface area (Å²) < 4.78 is 11.3. The van der Waals surface area contributed by atoms with Gasteiger partial charge < -0.3 is 19.5 Å². The SMILES string of the molecule is CCCCN1C(=O)C(=O)/C(=C(\O)c2ccc(Cl)c(OCC)c2)C1c1cccc(OCCC)c1. The van der Waals surface area contributed by atoms with Crippen LogP contribution in [0.25, 0.3) is 5.76 Å². The van der Waals surface area contributed by atoms with E-state index >= 15 is 0 Å². The van der Waals surface area contributed by atoms with E-state index in [4.69, 9.17) is 21.1 Å². The maximum atomic E-state index is 13.1. The number of likely N-dealkylation sites (tertiary alicyclic amines) is 1. The van der Waals surface area contributed by atoms with E-state index in [1.165, 1.54) is 4.90 Å². The van der Waals surface area contributed by atoms with Gasteiger partial charge in [0.1, 0.15) is 17.3 Å². The molecule has 3 rings (SSSR count). The summed E-state index contributed by atoms with van der Waals surface area (Å²) in [6, 6.07) is 11.4. The quantitative estimate of drug-likeness (QED) is 0.271. The number of halogens is 1. The zero-order valence-electron chi connectivity index (χ0n) is 19.3. The molecule has 0 aromatic heterocycles. The number of carbonyl (C=O) groups is 2. The molecule has 7 heteroatoms. The Balaban J connectivity index is 2.14. The molecule has 0 saturated carbocycles. The van der Waals surface area contributed by atoms with Gasteiger partial charge in [0.05, 0.1) is 29.9 Å². The van der Waals surface area contributed by atoms with Gasteiger partial charge in [-0.2, -0.15) is 0 Å². The van der Waals surface area contributed by atoms with Crippen molar-refractivity contribution in [2.45, 2.75) is 46.1 Å². The van der Waals surface area contributed by atoms with Crippen molar-refractivity contribution < 1.29 is 24.2 Å². The lowest BCUT2D eigenvalue weighted by molar-refractivity contribution is -0.139. The number of nitrogens with zero attached hydrogens (tertiary/aromatic N) is 1. The average Bonchev–Trinajstić information content (AvgIpc) is 3.07. The predicted octanol–water partition coefficient (Wildman–Crippen LogP) is 5.75. The van der Waals surface area contributed by atoms with Crippen LogP contribution in [0.5, 0.6) is 11.5 Å². The lowest BCUT2D eigenvalue weighted by Crippen LogP contribution is -2.30. The van der Waals surface area contributed by atoms with Crippen LogP contribution in [-0.4, -0.2) is 41.5 Å². The number of aliphatic hydroxyl groups excluding tert-OH is 1. The molecule has 0 bridgehead atoms. The first-order chi connectivity index (χ1) is 15.9. The van der Waals surface area contributed by atoms with Crippen molar-refractivity contribution in [3.05, 3.63) is 64.2 Å². The first kappa shape index (κ1) is 24.6. The third-order valence-electron chi connectivity index (χ3n) is 5.44. The number of carbonyl (C=O) groups excluding carboxylic acids is 2. The smallest absolute Gasteiger partial charge is 0.295 e. The number of hydrogen-bond donors (Lipinski definition) is 1. The van der Waals surface area contributed by atoms with E-state index in [0.29, 0.717) is 47.4 Å². The number of ether oxygens (including phenoxy) is 2. The van der Waals surface area contributed by atoms with Crippen LogP contribution in [0, 0.1) is 0 Å². The molecule has 176 valence electrons. The van der Waals surface area contributed by atoms with E-state index in [-0.39, 0.29) is 11.3 Å². The molecule has 1 saturated heterocycles. The zero-order valence-corrected chi connectivity index (χ0v) is 20.0. The van der Waals surface area contributed by atoms with Gasteiger partial charge in [-0.25, -0.2) is 0 Å². The Morgan fingerprint density at radius 3 is 2.55 bits per heavy atom. The second-order valence-corrected chi connectivity index (χ2v) is 8.25. The van der Waals surface area contributed by atoms with Crippen LogP contribution in [0.15, 0.2) is 48.0 Å². The molecule has 0 aliphatic carbocycles. The molecule has 33 heavy (non-hydrogen) atoms. The summed E-state index contributed by atoms with van der Waals surface area (Å²) >= 11 is 6.19. The molecular weight excluding hydrogens is 442 g/mol. The van der Waals surface area contributed by atoms with Crippen molar-refractivity contribution in [2.75, 3.05) is 19.8 Å². The molecule has 1 fully saturated rings. The van der Waals surface area contributed by atoms with Gasteiger partial charge in [-0.05, 0) is 55.7 Å². The Hall–Kier alpha value is -2.99. The Kier molecular flexibility index (Phi) is 8.39. The van der Waals surface area contributed by atoms with Gasteiger partial charge in [0.25, 0.3) is 11.7 Å². The van der Waals surface area contributed by atoms with Crippen molar-refractivity contribution in [2.24, 2.45) is 0 Å². The Bertz CT molecular complexity index is 1050. The number of hydrogen-bond acceptors (Lipinski definition) is 5. The van der Waals surface area contributed by atoms with Gasteiger partial charge in [0.2, 0.25) is 0 Å². The van der Waals surface area contributed by atoms with Crippen LogP contribution in [0.3, 0.4) is 0 Å². The van der Waals surface area contributed by atoms with Crippen LogP contribution < -0.4 is 9.47 Å². The van der Waals surface area contributed by atoms with Crippen molar-refractivity contribution in [3.63, 3.8) is 0 Å². The second-order valence-electron chi connectivity index (χ2n) is 7.85. The van der Waals surface area contributed by atoms with Crippen LogP contribution in [0.1, 0.15) is 57.2 Å². The molecule has 1 heterocycles. The highest BCUT2D eigenvalue weighted by Gasteiger charge is 2.45. The van der Waals surface area contributed by atoms with Crippen molar-refractivity contribution in [3.8, 4) is 11.5 Å². The molecule has 1 N–H and O–H groups in total. The normalized spacial score (nSPS) is 17.5. The van der Waals surface area contributed by atoms with Crippen LogP contribution in [0.4, 0.5) is 0 Å². The van der Waals surface area contributed by atoms with Gasteiger partial charge >= 0.3 is 0 Å². The highest BCUT2D eigenvalue weighted by molar-refractivity contribution is 6.46. The largest absolute Gasteiger partial charge is 0.507 e. The summed E-state index contributed by atoms with van der Waals surface area (Å²) in [6.07, 6.45) is 2.47. The third-order valence-corrected chi connectivity index (χ3v) is 5.76. The molecule has 1 amide bonds. The first-order valence-electron chi connectivity index (χ1n) is 11.4. The average molecular weight is 472 g/mol. The van der Waals surface area contributed by atoms with E-state index in [1.54, 1.807) is 18.2 Å². The van der Waals surface area contributed by atoms with E-state index in [1.807, 2.05) is 45.0 Å². The molecule has 2 aromatic carbocycles. The van der Waals surface area contributed by atoms with E-state index in [9.17, 15) is 14.7 Å². The molecule has 1 atom stereocenters. The number of rotatable bonds is 10. The Labute approximate surface area is 199 Å². The highest BCUT2D eigenvalue weighted by atomic mass is 35.5. The Morgan fingerprint density at radius 2 is 1.85 bits per heavy atom. The van der Waals surface area contributed by atoms with Crippen molar-refractivity contribution >= 4 is 29.1 Å². The minimum Gasteiger partial charge on any atom is -0.507 e. The first-order valence-corrected chi connectivity index (χ1v) is 11.7. The summed E-state index contributed by atoms with van der Waals surface area (Å²) in [5, 5.41) is 11.6. The lowest BCUT2D eigenvalue weighted by Gasteiger charge is -2.25. The minimum atomic E-state index is -0.715. The van der Waals surface area contributed by atoms with Gasteiger partial charge in [-0.15, -0.1) is 0 Å². The van der Waals surface area contributed by atoms with Gasteiger partial charge in [0.15, 0.2) is 0 Å². The van der Waals surface area contributed by atoms with Crippen molar-refractivity contribution in [1.82, 2.24) is 4.90 Å². The molecule has 1 unspecified atom stereocenters. The number of Topliss-reactive ketones (excluding diaryl/α,β-unsaturated/α-hetero) is 1. The number of benzene rings is 2. The third kappa shape index (κ3) is 5.33. The number of aliphatic hydroxyl groups is 1. The second kappa shape index (κ2) is 11.2. The molecule has 1 aliphatic rings. The molecule has 1 aliphatic heterocycles. The molecule has 0 radical (unpaired) electrons. The van der Waals surface area contributed by atoms with E-state index in [2.05, 4.69) is 0 Å². The monoisotopic (exact) mass is 471 g/mol. The fourth-order valence-electron chi connectivity index (χ4n) is 3.85.